The van der Waals surface area contributed by atoms with E-state index in [1.807, 2.05) is 13.0 Å². The first-order valence-electron chi connectivity index (χ1n) is 2.79. The van der Waals surface area contributed by atoms with Gasteiger partial charge < -0.3 is 5.11 Å². The Bertz CT molecular complexity index is 237. The van der Waals surface area contributed by atoms with Crippen molar-refractivity contribution in [3.63, 3.8) is 0 Å². The predicted octanol–water partition coefficient (Wildman–Crippen LogP) is 2.75. The lowest BCUT2D eigenvalue weighted by atomic mass is 10.2. The third-order valence-corrected chi connectivity index (χ3v) is 2.24. The number of halogens is 1. The molecule has 54 valence electrons. The van der Waals surface area contributed by atoms with Crippen molar-refractivity contribution in [2.45, 2.75) is 11.8 Å². The molecule has 1 nitrogen and oxygen atoms in total. The van der Waals surface area contributed by atoms with E-state index in [0.717, 1.165) is 14.9 Å². The van der Waals surface area contributed by atoms with Crippen LogP contribution < -0.4 is 0 Å². The van der Waals surface area contributed by atoms with Gasteiger partial charge in [0.15, 0.2) is 0 Å². The summed E-state index contributed by atoms with van der Waals surface area (Å²) in [6.07, 6.45) is 0. The molecule has 0 aromatic heterocycles. The SMILES string of the molecule is Cc1c(O)cc(Br)cc1S. The molecule has 1 N–H and O–H groups in total. The monoisotopic (exact) mass is 218 g/mol. The molecule has 0 aliphatic carbocycles. The fourth-order valence-electron chi connectivity index (χ4n) is 0.651. The summed E-state index contributed by atoms with van der Waals surface area (Å²) in [4.78, 5) is 0.798. The highest BCUT2D eigenvalue weighted by atomic mass is 79.9. The van der Waals surface area contributed by atoms with Gasteiger partial charge in [-0.15, -0.1) is 12.6 Å². The van der Waals surface area contributed by atoms with E-state index >= 15 is 0 Å². The van der Waals surface area contributed by atoms with E-state index in [2.05, 4.69) is 28.6 Å². The molecule has 0 saturated carbocycles. The average molecular weight is 219 g/mol. The normalized spacial score (nSPS) is 9.90. The van der Waals surface area contributed by atoms with Gasteiger partial charge in [-0.1, -0.05) is 15.9 Å². The van der Waals surface area contributed by atoms with Crippen molar-refractivity contribution in [3.05, 3.63) is 22.2 Å². The van der Waals surface area contributed by atoms with Gasteiger partial charge in [0.05, 0.1) is 0 Å². The second-order valence-corrected chi connectivity index (χ2v) is 3.47. The first-order chi connectivity index (χ1) is 4.61. The van der Waals surface area contributed by atoms with Crippen LogP contribution >= 0.6 is 28.6 Å². The molecule has 0 atom stereocenters. The van der Waals surface area contributed by atoms with Crippen molar-refractivity contribution >= 4 is 28.6 Å². The lowest BCUT2D eigenvalue weighted by Crippen LogP contribution is -1.77. The molecule has 0 spiro atoms. The van der Waals surface area contributed by atoms with Crippen molar-refractivity contribution in [1.82, 2.24) is 0 Å². The topological polar surface area (TPSA) is 20.2 Å². The van der Waals surface area contributed by atoms with Crippen molar-refractivity contribution in [1.29, 1.82) is 0 Å². The van der Waals surface area contributed by atoms with Gasteiger partial charge in [-0.25, -0.2) is 0 Å². The summed E-state index contributed by atoms with van der Waals surface area (Å²) >= 11 is 7.39. The Morgan fingerprint density at radius 3 is 2.60 bits per heavy atom. The van der Waals surface area contributed by atoms with E-state index in [0.29, 0.717) is 0 Å². The van der Waals surface area contributed by atoms with Crippen LogP contribution in [0, 0.1) is 6.92 Å². The zero-order chi connectivity index (χ0) is 7.72. The maximum atomic E-state index is 9.20. The Morgan fingerprint density at radius 1 is 1.50 bits per heavy atom. The maximum absolute atomic E-state index is 9.20. The number of hydrogen-bond donors (Lipinski definition) is 2. The summed E-state index contributed by atoms with van der Waals surface area (Å²) in [6, 6.07) is 3.49. The van der Waals surface area contributed by atoms with Crippen LogP contribution in [-0.2, 0) is 0 Å². The lowest BCUT2D eigenvalue weighted by Gasteiger charge is -2.01. The Hall–Kier alpha value is -0.150. The van der Waals surface area contributed by atoms with Crippen LogP contribution in [0.2, 0.25) is 0 Å². The van der Waals surface area contributed by atoms with Crippen LogP contribution in [0.5, 0.6) is 5.75 Å². The third kappa shape index (κ3) is 1.47. The zero-order valence-electron chi connectivity index (χ0n) is 5.43. The van der Waals surface area contributed by atoms with Crippen molar-refractivity contribution < 1.29 is 5.11 Å². The summed E-state index contributed by atoms with van der Waals surface area (Å²) in [6.45, 7) is 1.82. The minimum atomic E-state index is 0.277. The van der Waals surface area contributed by atoms with E-state index in [1.54, 1.807) is 6.07 Å². The smallest absolute Gasteiger partial charge is 0.120 e. The molecule has 0 fully saturated rings. The number of benzene rings is 1. The summed E-state index contributed by atoms with van der Waals surface area (Å²) in [5, 5.41) is 9.20. The van der Waals surface area contributed by atoms with Crippen molar-refractivity contribution in [2.75, 3.05) is 0 Å². The molecule has 0 aliphatic rings. The highest BCUT2D eigenvalue weighted by molar-refractivity contribution is 9.10. The number of aromatic hydroxyl groups is 1. The molecule has 0 heterocycles. The van der Waals surface area contributed by atoms with Gasteiger partial charge in [-0.2, -0.15) is 0 Å². The van der Waals surface area contributed by atoms with E-state index in [4.69, 9.17) is 0 Å². The number of hydrogen-bond acceptors (Lipinski definition) is 2. The van der Waals surface area contributed by atoms with Crippen LogP contribution in [0.1, 0.15) is 5.56 Å². The molecule has 0 radical (unpaired) electrons. The Kier molecular flexibility index (Phi) is 2.26. The third-order valence-electron chi connectivity index (χ3n) is 1.32. The van der Waals surface area contributed by atoms with Gasteiger partial charge in [-0.05, 0) is 19.1 Å². The second-order valence-electron chi connectivity index (χ2n) is 2.07. The summed E-state index contributed by atoms with van der Waals surface area (Å²) in [7, 11) is 0. The molecule has 1 aromatic rings. The van der Waals surface area contributed by atoms with Gasteiger partial charge in [-0.3, -0.25) is 0 Å². The number of phenolic OH excluding ortho intramolecular Hbond substituents is 1. The largest absolute Gasteiger partial charge is 0.508 e. The summed E-state index contributed by atoms with van der Waals surface area (Å²) < 4.78 is 0.848. The first kappa shape index (κ1) is 7.95. The van der Waals surface area contributed by atoms with Crippen molar-refractivity contribution in [3.8, 4) is 5.75 Å². The molecular formula is C7H7BrOS. The zero-order valence-corrected chi connectivity index (χ0v) is 7.91. The Balaban J connectivity index is 3.31. The van der Waals surface area contributed by atoms with Crippen LogP contribution in [-0.4, -0.2) is 5.11 Å². The summed E-state index contributed by atoms with van der Waals surface area (Å²) in [5.74, 6) is 0.277. The predicted molar refractivity (Wildman–Crippen MR) is 47.8 cm³/mol. The number of phenols is 1. The maximum Gasteiger partial charge on any atom is 0.120 e. The van der Waals surface area contributed by atoms with Crippen LogP contribution in [0.25, 0.3) is 0 Å². The van der Waals surface area contributed by atoms with Gasteiger partial charge in [0.2, 0.25) is 0 Å². The van der Waals surface area contributed by atoms with E-state index < -0.39 is 0 Å². The Labute approximate surface area is 73.6 Å². The highest BCUT2D eigenvalue weighted by Gasteiger charge is 2.00. The molecule has 1 aromatic carbocycles. The molecule has 10 heavy (non-hydrogen) atoms. The van der Waals surface area contributed by atoms with Crippen LogP contribution in [0.3, 0.4) is 0 Å². The van der Waals surface area contributed by atoms with Gasteiger partial charge >= 0.3 is 0 Å². The fourth-order valence-corrected chi connectivity index (χ4v) is 1.53. The van der Waals surface area contributed by atoms with Gasteiger partial charge in [0, 0.05) is 14.9 Å². The molecule has 0 unspecified atom stereocenters. The molecule has 0 amide bonds. The standard InChI is InChI=1S/C7H7BrOS/c1-4-6(9)2-5(8)3-7(4)10/h2-3,9-10H,1H3. The number of thiol groups is 1. The quantitative estimate of drug-likeness (QED) is 0.643. The average Bonchev–Trinajstić information content (AvgIpc) is 1.82. The lowest BCUT2D eigenvalue weighted by molar-refractivity contribution is 0.469. The molecule has 1 rings (SSSR count). The minimum Gasteiger partial charge on any atom is -0.508 e. The van der Waals surface area contributed by atoms with E-state index in [-0.39, 0.29) is 5.75 Å². The van der Waals surface area contributed by atoms with Crippen molar-refractivity contribution in [2.24, 2.45) is 0 Å². The molecule has 0 saturated heterocycles. The fraction of sp³-hybridized carbons (Fsp3) is 0.143. The molecule has 3 heteroatoms. The number of rotatable bonds is 0. The highest BCUT2D eigenvalue weighted by Crippen LogP contribution is 2.27. The van der Waals surface area contributed by atoms with E-state index in [9.17, 15) is 5.11 Å². The van der Waals surface area contributed by atoms with Gasteiger partial charge in [0.1, 0.15) is 5.75 Å². The summed E-state index contributed by atoms with van der Waals surface area (Å²) in [5.41, 5.74) is 0.812. The first-order valence-corrected chi connectivity index (χ1v) is 4.03. The molecule has 0 bridgehead atoms. The van der Waals surface area contributed by atoms with Crippen LogP contribution in [0.4, 0.5) is 0 Å². The molecular weight excluding hydrogens is 212 g/mol. The van der Waals surface area contributed by atoms with Gasteiger partial charge in [0.25, 0.3) is 0 Å². The molecule has 0 aliphatic heterocycles. The second kappa shape index (κ2) is 2.84. The van der Waals surface area contributed by atoms with E-state index in [1.165, 1.54) is 0 Å². The Morgan fingerprint density at radius 2 is 2.10 bits per heavy atom. The van der Waals surface area contributed by atoms with Crippen LogP contribution in [0.15, 0.2) is 21.5 Å². The minimum absolute atomic E-state index is 0.277.